The molecule has 2 atom stereocenters. The van der Waals surface area contributed by atoms with E-state index in [2.05, 4.69) is 5.32 Å². The lowest BCUT2D eigenvalue weighted by Crippen LogP contribution is -2.27. The molecule has 5 heteroatoms. The van der Waals surface area contributed by atoms with Crippen molar-refractivity contribution in [3.63, 3.8) is 0 Å². The van der Waals surface area contributed by atoms with Gasteiger partial charge in [0.25, 0.3) is 5.69 Å². The predicted molar refractivity (Wildman–Crippen MR) is 67.2 cm³/mol. The summed E-state index contributed by atoms with van der Waals surface area (Å²) in [5, 5.41) is 23.1. The van der Waals surface area contributed by atoms with Crippen LogP contribution >= 0.6 is 0 Å². The van der Waals surface area contributed by atoms with E-state index in [-0.39, 0.29) is 24.3 Å². The average Bonchev–Trinajstić information content (AvgIpc) is 2.30. The number of nitro groups is 1. The van der Waals surface area contributed by atoms with Crippen LogP contribution in [0.15, 0.2) is 18.2 Å². The topological polar surface area (TPSA) is 75.4 Å². The van der Waals surface area contributed by atoms with Gasteiger partial charge in [0.15, 0.2) is 0 Å². The molecule has 5 nitrogen and oxygen atoms in total. The van der Waals surface area contributed by atoms with E-state index in [1.165, 1.54) is 6.07 Å². The summed E-state index contributed by atoms with van der Waals surface area (Å²) < 4.78 is 0. The first kappa shape index (κ1) is 13.4. The van der Waals surface area contributed by atoms with Crippen molar-refractivity contribution in [3.05, 3.63) is 33.9 Å². The summed E-state index contributed by atoms with van der Waals surface area (Å²) in [6.07, 6.45) is 0. The van der Waals surface area contributed by atoms with Crippen molar-refractivity contribution in [2.24, 2.45) is 5.92 Å². The quantitative estimate of drug-likeness (QED) is 0.609. The van der Waals surface area contributed by atoms with Gasteiger partial charge in [-0.25, -0.2) is 0 Å². The smallest absolute Gasteiger partial charge is 0.292 e. The van der Waals surface area contributed by atoms with Gasteiger partial charge in [-0.05, 0) is 25.3 Å². The van der Waals surface area contributed by atoms with Crippen molar-refractivity contribution in [2.45, 2.75) is 26.8 Å². The van der Waals surface area contributed by atoms with Crippen molar-refractivity contribution in [2.75, 3.05) is 11.9 Å². The largest absolute Gasteiger partial charge is 0.396 e. The SMILES string of the molecule is Cc1cccc([N+](=O)[O-])c1NC(C)C(C)CO. The zero-order valence-electron chi connectivity index (χ0n) is 10.3. The Hall–Kier alpha value is -1.62. The number of nitrogens with one attached hydrogen (secondary N) is 1. The number of benzene rings is 1. The van der Waals surface area contributed by atoms with Gasteiger partial charge in [0.2, 0.25) is 0 Å². The van der Waals surface area contributed by atoms with Crippen LogP contribution in [0.3, 0.4) is 0 Å². The number of hydrogen-bond donors (Lipinski definition) is 2. The lowest BCUT2D eigenvalue weighted by Gasteiger charge is -2.21. The first-order valence-corrected chi connectivity index (χ1v) is 5.58. The lowest BCUT2D eigenvalue weighted by atomic mass is 10.0. The third-order valence-corrected chi connectivity index (χ3v) is 2.96. The van der Waals surface area contributed by atoms with E-state index in [1.807, 2.05) is 26.8 Å². The van der Waals surface area contributed by atoms with Crippen molar-refractivity contribution in [1.82, 2.24) is 0 Å². The van der Waals surface area contributed by atoms with E-state index in [0.717, 1.165) is 5.56 Å². The third kappa shape index (κ3) is 3.17. The fourth-order valence-electron chi connectivity index (χ4n) is 1.52. The molecule has 0 spiro atoms. The second kappa shape index (κ2) is 5.63. The van der Waals surface area contributed by atoms with Gasteiger partial charge in [0.1, 0.15) is 5.69 Å². The van der Waals surface area contributed by atoms with Crippen LogP contribution in [0.25, 0.3) is 0 Å². The van der Waals surface area contributed by atoms with Crippen LogP contribution in [0.1, 0.15) is 19.4 Å². The Morgan fingerprint density at radius 2 is 2.12 bits per heavy atom. The minimum atomic E-state index is -0.397. The molecular formula is C12H18N2O3. The van der Waals surface area contributed by atoms with Crippen LogP contribution in [0, 0.1) is 23.0 Å². The molecule has 0 saturated carbocycles. The monoisotopic (exact) mass is 238 g/mol. The lowest BCUT2D eigenvalue weighted by molar-refractivity contribution is -0.384. The Labute approximate surface area is 101 Å². The maximum atomic E-state index is 10.9. The van der Waals surface area contributed by atoms with Gasteiger partial charge in [-0.1, -0.05) is 19.1 Å². The Morgan fingerprint density at radius 3 is 2.65 bits per heavy atom. The van der Waals surface area contributed by atoms with Gasteiger partial charge in [0.05, 0.1) is 4.92 Å². The van der Waals surface area contributed by atoms with Crippen molar-refractivity contribution < 1.29 is 10.0 Å². The van der Waals surface area contributed by atoms with Crippen LogP contribution in [0.5, 0.6) is 0 Å². The van der Waals surface area contributed by atoms with Crippen molar-refractivity contribution in [3.8, 4) is 0 Å². The number of aryl methyl sites for hydroxylation is 1. The molecule has 1 aromatic carbocycles. The summed E-state index contributed by atoms with van der Waals surface area (Å²) in [5.74, 6) is 0.0363. The van der Waals surface area contributed by atoms with Crippen LogP contribution < -0.4 is 5.32 Å². The molecule has 0 fully saturated rings. The highest BCUT2D eigenvalue weighted by Gasteiger charge is 2.19. The fourth-order valence-corrected chi connectivity index (χ4v) is 1.52. The number of aliphatic hydroxyl groups is 1. The highest BCUT2D eigenvalue weighted by molar-refractivity contribution is 5.66. The van der Waals surface area contributed by atoms with E-state index in [4.69, 9.17) is 5.11 Å². The summed E-state index contributed by atoms with van der Waals surface area (Å²) in [6.45, 7) is 5.67. The Kier molecular flexibility index (Phi) is 4.45. The minimum Gasteiger partial charge on any atom is -0.396 e. The zero-order valence-corrected chi connectivity index (χ0v) is 10.3. The Bertz CT molecular complexity index is 407. The maximum Gasteiger partial charge on any atom is 0.292 e. The van der Waals surface area contributed by atoms with Gasteiger partial charge in [-0.15, -0.1) is 0 Å². The molecule has 0 aliphatic carbocycles. The van der Waals surface area contributed by atoms with Crippen LogP contribution in [0.2, 0.25) is 0 Å². The van der Waals surface area contributed by atoms with Gasteiger partial charge >= 0.3 is 0 Å². The van der Waals surface area contributed by atoms with Crippen LogP contribution in [-0.2, 0) is 0 Å². The Balaban J connectivity index is 3.00. The highest BCUT2D eigenvalue weighted by atomic mass is 16.6. The molecule has 0 aliphatic heterocycles. The molecule has 0 heterocycles. The van der Waals surface area contributed by atoms with E-state index in [1.54, 1.807) is 6.07 Å². The van der Waals surface area contributed by atoms with Crippen LogP contribution in [0.4, 0.5) is 11.4 Å². The zero-order chi connectivity index (χ0) is 13.0. The fraction of sp³-hybridized carbons (Fsp3) is 0.500. The van der Waals surface area contributed by atoms with Crippen molar-refractivity contribution >= 4 is 11.4 Å². The molecule has 1 aromatic rings. The predicted octanol–water partition coefficient (Wildman–Crippen LogP) is 2.33. The third-order valence-electron chi connectivity index (χ3n) is 2.96. The highest BCUT2D eigenvalue weighted by Crippen LogP contribution is 2.29. The molecule has 0 amide bonds. The average molecular weight is 238 g/mol. The summed E-state index contributed by atoms with van der Waals surface area (Å²) in [5.41, 5.74) is 1.43. The van der Waals surface area contributed by atoms with Gasteiger partial charge in [0, 0.05) is 18.7 Å². The first-order chi connectivity index (χ1) is 7.97. The molecule has 17 heavy (non-hydrogen) atoms. The number of para-hydroxylation sites is 1. The van der Waals surface area contributed by atoms with Crippen molar-refractivity contribution in [1.29, 1.82) is 0 Å². The number of rotatable bonds is 5. The standard InChI is InChI=1S/C12H18N2O3/c1-8-5-4-6-11(14(16)17)12(8)13-10(3)9(2)7-15/h4-6,9-10,13,15H,7H2,1-3H3. The van der Waals surface area contributed by atoms with Gasteiger partial charge < -0.3 is 10.4 Å². The first-order valence-electron chi connectivity index (χ1n) is 5.58. The summed E-state index contributed by atoms with van der Waals surface area (Å²) in [7, 11) is 0. The molecule has 94 valence electrons. The summed E-state index contributed by atoms with van der Waals surface area (Å²) in [6, 6.07) is 4.94. The number of anilines is 1. The van der Waals surface area contributed by atoms with E-state index in [9.17, 15) is 10.1 Å². The molecule has 1 rings (SSSR count). The molecular weight excluding hydrogens is 220 g/mol. The molecule has 0 aromatic heterocycles. The number of nitro benzene ring substituents is 1. The summed E-state index contributed by atoms with van der Waals surface area (Å²) in [4.78, 5) is 10.5. The number of aliphatic hydroxyl groups excluding tert-OH is 1. The number of nitrogens with zero attached hydrogens (tertiary/aromatic N) is 1. The maximum absolute atomic E-state index is 10.9. The molecule has 2 unspecified atom stereocenters. The van der Waals surface area contributed by atoms with E-state index >= 15 is 0 Å². The second-order valence-electron chi connectivity index (χ2n) is 4.32. The minimum absolute atomic E-state index is 0.0280. The molecule has 0 saturated heterocycles. The number of hydrogen-bond acceptors (Lipinski definition) is 4. The van der Waals surface area contributed by atoms with Gasteiger partial charge in [-0.2, -0.15) is 0 Å². The Morgan fingerprint density at radius 1 is 1.47 bits per heavy atom. The van der Waals surface area contributed by atoms with Gasteiger partial charge in [-0.3, -0.25) is 10.1 Å². The van der Waals surface area contributed by atoms with E-state index in [0.29, 0.717) is 5.69 Å². The summed E-state index contributed by atoms with van der Waals surface area (Å²) >= 11 is 0. The second-order valence-corrected chi connectivity index (χ2v) is 4.32. The van der Waals surface area contributed by atoms with Crippen LogP contribution in [-0.4, -0.2) is 22.7 Å². The molecule has 0 radical (unpaired) electrons. The molecule has 0 bridgehead atoms. The molecule has 2 N–H and O–H groups in total. The van der Waals surface area contributed by atoms with E-state index < -0.39 is 4.92 Å². The normalized spacial score (nSPS) is 14.1. The molecule has 0 aliphatic rings.